The van der Waals surface area contributed by atoms with Gasteiger partial charge in [0, 0.05) is 0 Å². The summed E-state index contributed by atoms with van der Waals surface area (Å²) in [5, 5.41) is 7.38. The second kappa shape index (κ2) is 4.91. The molecule has 0 atom stereocenters. The number of hydrogen-bond donors (Lipinski definition) is 1. The van der Waals surface area contributed by atoms with Crippen LogP contribution in [0.2, 0.25) is 0 Å². The molecule has 102 valence electrons. The lowest BCUT2D eigenvalue weighted by Crippen LogP contribution is -2.13. The van der Waals surface area contributed by atoms with Gasteiger partial charge in [0.25, 0.3) is 0 Å². The Morgan fingerprint density at radius 3 is 2.58 bits per heavy atom. The van der Waals surface area contributed by atoms with Gasteiger partial charge in [-0.25, -0.2) is 4.68 Å². The third-order valence-corrected chi connectivity index (χ3v) is 2.72. The first-order valence-corrected chi connectivity index (χ1v) is 5.81. The second-order valence-electron chi connectivity index (χ2n) is 4.10. The van der Waals surface area contributed by atoms with Gasteiger partial charge in [0.2, 0.25) is 0 Å². The quantitative estimate of drug-likeness (QED) is 0.933. The number of benzene rings is 1. The Bertz CT molecular complexity index is 575. The van der Waals surface area contributed by atoms with Gasteiger partial charge in [0.15, 0.2) is 5.82 Å². The van der Waals surface area contributed by atoms with E-state index >= 15 is 0 Å². The third-order valence-electron chi connectivity index (χ3n) is 2.72. The highest BCUT2D eigenvalue weighted by molar-refractivity contribution is 5.46. The molecule has 0 fully saturated rings. The fourth-order valence-corrected chi connectivity index (χ4v) is 1.88. The van der Waals surface area contributed by atoms with E-state index in [4.69, 9.17) is 5.73 Å². The molecule has 0 aliphatic rings. The highest BCUT2D eigenvalue weighted by atomic mass is 19.4. The lowest BCUT2D eigenvalue weighted by atomic mass is 10.1. The van der Waals surface area contributed by atoms with Gasteiger partial charge in [-0.2, -0.15) is 13.2 Å². The van der Waals surface area contributed by atoms with Gasteiger partial charge in [-0.3, -0.25) is 0 Å². The third kappa shape index (κ3) is 2.54. The monoisotopic (exact) mass is 270 g/mol. The summed E-state index contributed by atoms with van der Waals surface area (Å²) in [6, 6.07) is 5.24. The zero-order valence-electron chi connectivity index (χ0n) is 10.3. The van der Waals surface area contributed by atoms with Gasteiger partial charge in [-0.1, -0.05) is 30.7 Å². The molecule has 0 amide bonds. The lowest BCUT2D eigenvalue weighted by Gasteiger charge is -2.13. The van der Waals surface area contributed by atoms with E-state index in [2.05, 4.69) is 10.3 Å². The maximum absolute atomic E-state index is 13.0. The first kappa shape index (κ1) is 13.4. The van der Waals surface area contributed by atoms with Crippen molar-refractivity contribution >= 4 is 5.82 Å². The number of hydrogen-bond acceptors (Lipinski definition) is 3. The van der Waals surface area contributed by atoms with Crippen molar-refractivity contribution in [3.63, 3.8) is 0 Å². The van der Waals surface area contributed by atoms with Gasteiger partial charge in [0.1, 0.15) is 0 Å². The van der Waals surface area contributed by atoms with E-state index in [1.807, 2.05) is 6.92 Å². The molecule has 0 aliphatic heterocycles. The second-order valence-corrected chi connectivity index (χ2v) is 4.10. The van der Waals surface area contributed by atoms with Crippen LogP contribution in [0.15, 0.2) is 24.3 Å². The molecular formula is C12H13F3N4. The van der Waals surface area contributed by atoms with Crippen LogP contribution in [0.3, 0.4) is 0 Å². The Labute approximate surface area is 108 Å². The summed E-state index contributed by atoms with van der Waals surface area (Å²) in [7, 11) is 0. The summed E-state index contributed by atoms with van der Waals surface area (Å²) >= 11 is 0. The Kier molecular flexibility index (Phi) is 3.46. The number of para-hydroxylation sites is 1. The van der Waals surface area contributed by atoms with Crippen LogP contribution in [0.25, 0.3) is 5.69 Å². The summed E-state index contributed by atoms with van der Waals surface area (Å²) in [5.41, 5.74) is 5.34. The van der Waals surface area contributed by atoms with Crippen molar-refractivity contribution in [2.24, 2.45) is 0 Å². The Morgan fingerprint density at radius 1 is 1.26 bits per heavy atom. The van der Waals surface area contributed by atoms with E-state index in [0.29, 0.717) is 12.1 Å². The van der Waals surface area contributed by atoms with Gasteiger partial charge in [0.05, 0.1) is 16.9 Å². The molecule has 0 saturated heterocycles. The molecule has 0 saturated carbocycles. The van der Waals surface area contributed by atoms with Crippen LogP contribution in [0, 0.1) is 0 Å². The first-order chi connectivity index (χ1) is 8.95. The van der Waals surface area contributed by atoms with Crippen molar-refractivity contribution in [3.8, 4) is 5.69 Å². The van der Waals surface area contributed by atoms with Crippen LogP contribution >= 0.6 is 0 Å². The van der Waals surface area contributed by atoms with Crippen molar-refractivity contribution in [1.29, 1.82) is 0 Å². The molecule has 2 N–H and O–H groups in total. The number of rotatable bonds is 3. The predicted octanol–water partition coefficient (Wildman–Crippen LogP) is 2.82. The lowest BCUT2D eigenvalue weighted by molar-refractivity contribution is -0.137. The summed E-state index contributed by atoms with van der Waals surface area (Å²) < 4.78 is 40.1. The molecule has 7 heteroatoms. The van der Waals surface area contributed by atoms with Crippen molar-refractivity contribution < 1.29 is 13.2 Å². The largest absolute Gasteiger partial charge is 0.418 e. The van der Waals surface area contributed by atoms with E-state index < -0.39 is 11.7 Å². The SMILES string of the molecule is CCCc1c(N)nnn1-c1ccccc1C(F)(F)F. The number of nitrogens with two attached hydrogens (primary N) is 1. The Balaban J connectivity index is 2.60. The van der Waals surface area contributed by atoms with Crippen molar-refractivity contribution in [2.75, 3.05) is 5.73 Å². The summed E-state index contributed by atoms with van der Waals surface area (Å²) in [6.45, 7) is 1.91. The maximum Gasteiger partial charge on any atom is 0.418 e. The van der Waals surface area contributed by atoms with E-state index in [1.165, 1.54) is 22.9 Å². The highest BCUT2D eigenvalue weighted by Crippen LogP contribution is 2.34. The number of halogens is 3. The number of aromatic nitrogens is 3. The van der Waals surface area contributed by atoms with Crippen molar-refractivity contribution in [3.05, 3.63) is 35.5 Å². The molecule has 4 nitrogen and oxygen atoms in total. The number of anilines is 1. The zero-order valence-corrected chi connectivity index (χ0v) is 10.3. The van der Waals surface area contributed by atoms with E-state index in [1.54, 1.807) is 0 Å². The fraction of sp³-hybridized carbons (Fsp3) is 0.333. The summed E-state index contributed by atoms with van der Waals surface area (Å²) in [5.74, 6) is 0.166. The number of alkyl halides is 3. The van der Waals surface area contributed by atoms with E-state index in [9.17, 15) is 13.2 Å². The summed E-state index contributed by atoms with van der Waals surface area (Å²) in [6.07, 6.45) is -3.18. The average Bonchev–Trinajstić information content (AvgIpc) is 2.71. The minimum atomic E-state index is -4.44. The molecule has 0 radical (unpaired) electrons. The highest BCUT2D eigenvalue weighted by Gasteiger charge is 2.34. The first-order valence-electron chi connectivity index (χ1n) is 5.81. The fourth-order valence-electron chi connectivity index (χ4n) is 1.88. The van der Waals surface area contributed by atoms with Gasteiger partial charge >= 0.3 is 6.18 Å². The molecule has 0 aliphatic carbocycles. The molecule has 1 heterocycles. The average molecular weight is 270 g/mol. The topological polar surface area (TPSA) is 56.7 Å². The molecule has 0 spiro atoms. The molecule has 1 aromatic carbocycles. The Hall–Kier alpha value is -2.05. The maximum atomic E-state index is 13.0. The van der Waals surface area contributed by atoms with Crippen LogP contribution in [-0.4, -0.2) is 15.0 Å². The molecular weight excluding hydrogens is 257 g/mol. The van der Waals surface area contributed by atoms with Crippen molar-refractivity contribution in [1.82, 2.24) is 15.0 Å². The van der Waals surface area contributed by atoms with Crippen LogP contribution in [0.1, 0.15) is 24.6 Å². The predicted molar refractivity (Wildman–Crippen MR) is 64.8 cm³/mol. The van der Waals surface area contributed by atoms with E-state index in [-0.39, 0.29) is 11.5 Å². The van der Waals surface area contributed by atoms with Crippen LogP contribution in [0.4, 0.5) is 19.0 Å². The molecule has 2 aromatic rings. The molecule has 0 bridgehead atoms. The smallest absolute Gasteiger partial charge is 0.381 e. The van der Waals surface area contributed by atoms with Gasteiger partial charge < -0.3 is 5.73 Å². The zero-order chi connectivity index (χ0) is 14.0. The summed E-state index contributed by atoms with van der Waals surface area (Å²) in [4.78, 5) is 0. The van der Waals surface area contributed by atoms with Crippen LogP contribution in [-0.2, 0) is 12.6 Å². The molecule has 0 unspecified atom stereocenters. The molecule has 2 rings (SSSR count). The molecule has 1 aromatic heterocycles. The van der Waals surface area contributed by atoms with Crippen molar-refractivity contribution in [2.45, 2.75) is 25.9 Å². The van der Waals surface area contributed by atoms with E-state index in [0.717, 1.165) is 12.5 Å². The minimum Gasteiger partial charge on any atom is -0.381 e. The standard InChI is InChI=1S/C12H13F3N4/c1-2-5-10-11(16)17-18-19(10)9-7-4-3-6-8(9)12(13,14)15/h3-4,6-7H,2,5,16H2,1H3. The van der Waals surface area contributed by atoms with Crippen LogP contribution < -0.4 is 5.73 Å². The number of nitrogens with zero attached hydrogens (tertiary/aromatic N) is 3. The van der Waals surface area contributed by atoms with Gasteiger partial charge in [-0.05, 0) is 18.6 Å². The Morgan fingerprint density at radius 2 is 1.95 bits per heavy atom. The number of nitrogen functional groups attached to an aromatic ring is 1. The minimum absolute atomic E-state index is 0.0531. The normalized spacial score (nSPS) is 11.8. The van der Waals surface area contributed by atoms with Crippen LogP contribution in [0.5, 0.6) is 0 Å². The van der Waals surface area contributed by atoms with Gasteiger partial charge in [-0.15, -0.1) is 5.10 Å². The molecule has 19 heavy (non-hydrogen) atoms.